The number of amides is 4. The number of hydrogen-bond donors (Lipinski definition) is 4. The number of hydrogen-bond acceptors (Lipinski definition) is 5. The predicted molar refractivity (Wildman–Crippen MR) is 181 cm³/mol. The molecule has 0 aromatic heterocycles. The molecule has 1 atom stereocenters. The van der Waals surface area contributed by atoms with Gasteiger partial charge in [-0.15, -0.1) is 0 Å². The van der Waals surface area contributed by atoms with Gasteiger partial charge in [0.2, 0.25) is 11.8 Å². The van der Waals surface area contributed by atoms with E-state index in [9.17, 15) is 14.4 Å². The van der Waals surface area contributed by atoms with E-state index >= 15 is 0 Å². The summed E-state index contributed by atoms with van der Waals surface area (Å²) in [6.45, 7) is 3.67. The number of nitrogens with one attached hydrogen (secondary N) is 3. The van der Waals surface area contributed by atoms with Crippen molar-refractivity contribution in [3.63, 3.8) is 0 Å². The number of piperazine rings is 1. The Morgan fingerprint density at radius 2 is 1.53 bits per heavy atom. The number of primary amides is 1. The van der Waals surface area contributed by atoms with Gasteiger partial charge in [0.05, 0.1) is 11.4 Å². The fourth-order valence-corrected chi connectivity index (χ4v) is 6.24. The lowest BCUT2D eigenvalue weighted by Crippen LogP contribution is -2.51. The molecule has 1 aliphatic carbocycles. The standard InChI is InChI=1S/C36H44N6O3/c37-35(44)31(19-16-27-10-4-1-5-11-27)40-36(45)38-29-18-20-33(42-24-22-41(23-25-42)30-14-8-3-9-15-30)32(26-29)39-34(43)21-17-28-12-6-2-7-13-28/h1-2,4-7,10-13,17-18,20-21,26,30-31H,3,8-9,14-16,19,22-25H2,(H2,37,44)(H,39,43)(H2,38,40,45). The normalized spacial score (nSPS) is 16.7. The summed E-state index contributed by atoms with van der Waals surface area (Å²) in [4.78, 5) is 43.0. The van der Waals surface area contributed by atoms with E-state index in [4.69, 9.17) is 5.73 Å². The van der Waals surface area contributed by atoms with E-state index in [0.29, 0.717) is 30.3 Å². The Kier molecular flexibility index (Phi) is 11.2. The number of nitrogens with two attached hydrogens (primary N) is 1. The van der Waals surface area contributed by atoms with Gasteiger partial charge in [0.1, 0.15) is 6.04 Å². The zero-order valence-corrected chi connectivity index (χ0v) is 25.8. The van der Waals surface area contributed by atoms with E-state index in [1.165, 1.54) is 38.2 Å². The number of benzene rings is 3. The molecule has 3 aromatic carbocycles. The van der Waals surface area contributed by atoms with Gasteiger partial charge in [-0.1, -0.05) is 79.9 Å². The highest BCUT2D eigenvalue weighted by Gasteiger charge is 2.26. The lowest BCUT2D eigenvalue weighted by Gasteiger charge is -2.42. The lowest BCUT2D eigenvalue weighted by molar-refractivity contribution is -0.120. The molecule has 1 aliphatic heterocycles. The molecule has 0 bridgehead atoms. The molecule has 9 nitrogen and oxygen atoms in total. The number of carbonyl (C=O) groups excluding carboxylic acids is 3. The zero-order valence-electron chi connectivity index (χ0n) is 25.8. The van der Waals surface area contributed by atoms with E-state index in [1.807, 2.05) is 72.8 Å². The van der Waals surface area contributed by atoms with Crippen molar-refractivity contribution in [2.75, 3.05) is 41.7 Å². The molecule has 236 valence electrons. The molecule has 5 N–H and O–H groups in total. The molecule has 0 spiro atoms. The van der Waals surface area contributed by atoms with E-state index < -0.39 is 18.0 Å². The Bertz CT molecular complexity index is 1450. The third-order valence-corrected chi connectivity index (χ3v) is 8.70. The van der Waals surface area contributed by atoms with Gasteiger partial charge in [0.15, 0.2) is 0 Å². The van der Waals surface area contributed by atoms with Crippen LogP contribution in [0.1, 0.15) is 49.7 Å². The summed E-state index contributed by atoms with van der Waals surface area (Å²) >= 11 is 0. The summed E-state index contributed by atoms with van der Waals surface area (Å²) in [5.74, 6) is -0.862. The number of nitrogens with zero attached hydrogens (tertiary/aromatic N) is 2. The fourth-order valence-electron chi connectivity index (χ4n) is 6.24. The largest absolute Gasteiger partial charge is 0.368 e. The van der Waals surface area contributed by atoms with E-state index in [-0.39, 0.29) is 5.91 Å². The molecular weight excluding hydrogens is 564 g/mol. The van der Waals surface area contributed by atoms with Gasteiger partial charge in [0.25, 0.3) is 0 Å². The summed E-state index contributed by atoms with van der Waals surface area (Å²) in [5.41, 5.74) is 9.60. The first-order chi connectivity index (χ1) is 21.9. The number of rotatable bonds is 11. The maximum Gasteiger partial charge on any atom is 0.319 e. The van der Waals surface area contributed by atoms with E-state index in [2.05, 4.69) is 25.8 Å². The number of urea groups is 1. The molecule has 1 unspecified atom stereocenters. The van der Waals surface area contributed by atoms with Gasteiger partial charge in [-0.05, 0) is 61.1 Å². The van der Waals surface area contributed by atoms with Crippen LogP contribution in [0, 0.1) is 0 Å². The Balaban J connectivity index is 1.27. The fraction of sp³-hybridized carbons (Fsp3) is 0.361. The van der Waals surface area contributed by atoms with Crippen LogP contribution in [0.2, 0.25) is 0 Å². The van der Waals surface area contributed by atoms with Crippen molar-refractivity contribution in [2.45, 2.75) is 57.0 Å². The van der Waals surface area contributed by atoms with Crippen molar-refractivity contribution in [3.05, 3.63) is 96.1 Å². The van der Waals surface area contributed by atoms with Crippen molar-refractivity contribution >= 4 is 41.0 Å². The van der Waals surface area contributed by atoms with E-state index in [1.54, 1.807) is 12.1 Å². The van der Waals surface area contributed by atoms with Gasteiger partial charge in [-0.2, -0.15) is 0 Å². The van der Waals surface area contributed by atoms with Gasteiger partial charge in [0, 0.05) is 44.0 Å². The average molecular weight is 609 g/mol. The van der Waals surface area contributed by atoms with Gasteiger partial charge >= 0.3 is 6.03 Å². The molecule has 9 heteroatoms. The molecule has 1 saturated carbocycles. The lowest BCUT2D eigenvalue weighted by atomic mass is 9.94. The zero-order chi connectivity index (χ0) is 31.4. The van der Waals surface area contributed by atoms with Gasteiger partial charge in [-0.25, -0.2) is 4.79 Å². The van der Waals surface area contributed by atoms with Crippen LogP contribution in [-0.4, -0.2) is 61.0 Å². The van der Waals surface area contributed by atoms with Gasteiger partial charge in [-0.3, -0.25) is 14.5 Å². The summed E-state index contributed by atoms with van der Waals surface area (Å²) in [6, 6.07) is 24.2. The number of anilines is 3. The molecular formula is C36H44N6O3. The molecule has 3 aromatic rings. The average Bonchev–Trinajstić information content (AvgIpc) is 3.07. The Hall–Kier alpha value is -4.63. The number of aryl methyl sites for hydroxylation is 1. The maximum absolute atomic E-state index is 13.0. The van der Waals surface area contributed by atoms with Crippen LogP contribution in [0.4, 0.5) is 21.9 Å². The minimum atomic E-state index is -0.827. The minimum absolute atomic E-state index is 0.266. The minimum Gasteiger partial charge on any atom is -0.368 e. The monoisotopic (exact) mass is 608 g/mol. The van der Waals surface area contributed by atoms with Crippen LogP contribution < -0.4 is 26.6 Å². The highest BCUT2D eigenvalue weighted by Crippen LogP contribution is 2.32. The highest BCUT2D eigenvalue weighted by atomic mass is 16.2. The van der Waals surface area contributed by atoms with Crippen LogP contribution in [-0.2, 0) is 16.0 Å². The Morgan fingerprint density at radius 1 is 0.844 bits per heavy atom. The van der Waals surface area contributed by atoms with Crippen molar-refractivity contribution in [1.82, 2.24) is 10.2 Å². The third kappa shape index (κ3) is 9.43. The molecule has 45 heavy (non-hydrogen) atoms. The van der Waals surface area contributed by atoms with Crippen LogP contribution >= 0.6 is 0 Å². The van der Waals surface area contributed by atoms with E-state index in [0.717, 1.165) is 43.0 Å². The molecule has 1 saturated heterocycles. The van der Waals surface area contributed by atoms with Crippen LogP contribution in [0.3, 0.4) is 0 Å². The molecule has 4 amide bonds. The smallest absolute Gasteiger partial charge is 0.319 e. The van der Waals surface area contributed by atoms with Crippen molar-refractivity contribution < 1.29 is 14.4 Å². The summed E-state index contributed by atoms with van der Waals surface area (Å²) in [6.07, 6.45) is 10.8. The van der Waals surface area contributed by atoms with Crippen LogP contribution in [0.5, 0.6) is 0 Å². The van der Waals surface area contributed by atoms with Crippen molar-refractivity contribution in [1.29, 1.82) is 0 Å². The van der Waals surface area contributed by atoms with Crippen LogP contribution in [0.15, 0.2) is 84.9 Å². The molecule has 1 heterocycles. The summed E-state index contributed by atoms with van der Waals surface area (Å²) in [5, 5.41) is 8.57. The number of carbonyl (C=O) groups is 3. The quantitative estimate of drug-likeness (QED) is 0.217. The second-order valence-electron chi connectivity index (χ2n) is 11.9. The second-order valence-corrected chi connectivity index (χ2v) is 11.9. The topological polar surface area (TPSA) is 120 Å². The first-order valence-corrected chi connectivity index (χ1v) is 16.0. The predicted octanol–water partition coefficient (Wildman–Crippen LogP) is 5.40. The molecule has 2 fully saturated rings. The Labute approximate surface area is 265 Å². The van der Waals surface area contributed by atoms with Crippen LogP contribution in [0.25, 0.3) is 6.08 Å². The molecule has 2 aliphatic rings. The summed E-state index contributed by atoms with van der Waals surface area (Å²) < 4.78 is 0. The molecule has 5 rings (SSSR count). The van der Waals surface area contributed by atoms with Crippen molar-refractivity contribution in [3.8, 4) is 0 Å². The Morgan fingerprint density at radius 3 is 2.22 bits per heavy atom. The first-order valence-electron chi connectivity index (χ1n) is 16.0. The first kappa shape index (κ1) is 31.8. The maximum atomic E-state index is 13.0. The van der Waals surface area contributed by atoms with Crippen molar-refractivity contribution in [2.24, 2.45) is 5.73 Å². The SMILES string of the molecule is NC(=O)C(CCc1ccccc1)NC(=O)Nc1ccc(N2CCN(C3CCCCC3)CC2)c(NC(=O)C=Cc2ccccc2)c1. The third-order valence-electron chi connectivity index (χ3n) is 8.70. The summed E-state index contributed by atoms with van der Waals surface area (Å²) in [7, 11) is 0. The van der Waals surface area contributed by atoms with Gasteiger partial charge < -0.3 is 26.6 Å². The second kappa shape index (κ2) is 15.9. The molecule has 0 radical (unpaired) electrons. The highest BCUT2D eigenvalue weighted by molar-refractivity contribution is 6.04.